The zero-order valence-corrected chi connectivity index (χ0v) is 13.7. The molecule has 0 aliphatic rings. The number of benzene rings is 1. The topological polar surface area (TPSA) is 83.0 Å². The van der Waals surface area contributed by atoms with Crippen LogP contribution in [0.3, 0.4) is 0 Å². The number of carbonyl (C=O) groups excluding carboxylic acids is 1. The second kappa shape index (κ2) is 7.27. The standard InChI is InChI=1S/C16H15ClN4O3/c1-2-9-21-15(18-19-20-21)10-23-16(22)14-8-7-13(24-14)11-5-3-4-6-12(11)17/h3-8H,2,9-10H2,1H3. The molecule has 1 aromatic carbocycles. The summed E-state index contributed by atoms with van der Waals surface area (Å²) in [4.78, 5) is 12.1. The molecule has 124 valence electrons. The van der Waals surface area contributed by atoms with E-state index in [9.17, 15) is 4.79 Å². The van der Waals surface area contributed by atoms with E-state index in [0.717, 1.165) is 6.42 Å². The van der Waals surface area contributed by atoms with Gasteiger partial charge in [-0.3, -0.25) is 0 Å². The van der Waals surface area contributed by atoms with Crippen LogP contribution in [0.5, 0.6) is 0 Å². The van der Waals surface area contributed by atoms with Crippen molar-refractivity contribution in [2.45, 2.75) is 26.5 Å². The Hall–Kier alpha value is -2.67. The Balaban J connectivity index is 1.68. The van der Waals surface area contributed by atoms with E-state index in [0.29, 0.717) is 28.7 Å². The first-order valence-electron chi connectivity index (χ1n) is 7.46. The third-order valence-electron chi connectivity index (χ3n) is 3.32. The van der Waals surface area contributed by atoms with Gasteiger partial charge in [-0.05, 0) is 41.1 Å². The maximum atomic E-state index is 12.1. The molecule has 0 saturated carbocycles. The molecular weight excluding hydrogens is 332 g/mol. The number of hydrogen-bond acceptors (Lipinski definition) is 6. The van der Waals surface area contributed by atoms with Crippen molar-refractivity contribution in [1.29, 1.82) is 0 Å². The Morgan fingerprint density at radius 3 is 2.92 bits per heavy atom. The number of esters is 1. The van der Waals surface area contributed by atoms with Gasteiger partial charge in [0.15, 0.2) is 12.4 Å². The third kappa shape index (κ3) is 3.46. The summed E-state index contributed by atoms with van der Waals surface area (Å²) >= 11 is 6.12. The quantitative estimate of drug-likeness (QED) is 0.636. The van der Waals surface area contributed by atoms with E-state index in [1.54, 1.807) is 22.9 Å². The van der Waals surface area contributed by atoms with E-state index in [2.05, 4.69) is 15.5 Å². The molecule has 0 bridgehead atoms. The molecule has 0 amide bonds. The van der Waals surface area contributed by atoms with Gasteiger partial charge in [0, 0.05) is 12.1 Å². The average Bonchev–Trinajstić information content (AvgIpc) is 3.23. The molecule has 24 heavy (non-hydrogen) atoms. The molecule has 8 heteroatoms. The second-order valence-electron chi connectivity index (χ2n) is 5.04. The van der Waals surface area contributed by atoms with Crippen LogP contribution in [0.1, 0.15) is 29.7 Å². The summed E-state index contributed by atoms with van der Waals surface area (Å²) in [5.41, 5.74) is 0.713. The van der Waals surface area contributed by atoms with Crippen LogP contribution in [-0.2, 0) is 17.9 Å². The number of carbonyl (C=O) groups is 1. The number of aromatic nitrogens is 4. The highest BCUT2D eigenvalue weighted by Crippen LogP contribution is 2.29. The predicted octanol–water partition coefficient (Wildman–Crippen LogP) is 3.35. The highest BCUT2D eigenvalue weighted by Gasteiger charge is 2.16. The summed E-state index contributed by atoms with van der Waals surface area (Å²) in [6.07, 6.45) is 0.880. The van der Waals surface area contributed by atoms with E-state index < -0.39 is 5.97 Å². The molecule has 0 aliphatic heterocycles. The van der Waals surface area contributed by atoms with Gasteiger partial charge in [-0.1, -0.05) is 30.7 Å². The number of tetrazole rings is 1. The molecule has 3 rings (SSSR count). The second-order valence-corrected chi connectivity index (χ2v) is 5.45. The number of rotatable bonds is 6. The largest absolute Gasteiger partial charge is 0.452 e. The van der Waals surface area contributed by atoms with Crippen molar-refractivity contribution in [1.82, 2.24) is 20.2 Å². The summed E-state index contributed by atoms with van der Waals surface area (Å²) in [7, 11) is 0. The summed E-state index contributed by atoms with van der Waals surface area (Å²) in [5, 5.41) is 11.8. The molecule has 2 heterocycles. The van der Waals surface area contributed by atoms with Crippen molar-refractivity contribution in [3.63, 3.8) is 0 Å². The molecule has 0 unspecified atom stereocenters. The van der Waals surface area contributed by atoms with E-state index in [1.165, 1.54) is 0 Å². The van der Waals surface area contributed by atoms with Crippen LogP contribution >= 0.6 is 11.6 Å². The fourth-order valence-corrected chi connectivity index (χ4v) is 2.40. The predicted molar refractivity (Wildman–Crippen MR) is 86.4 cm³/mol. The minimum atomic E-state index is -0.584. The lowest BCUT2D eigenvalue weighted by Crippen LogP contribution is -2.10. The molecule has 0 fully saturated rings. The van der Waals surface area contributed by atoms with E-state index in [-0.39, 0.29) is 12.4 Å². The summed E-state index contributed by atoms with van der Waals surface area (Å²) in [6, 6.07) is 10.5. The van der Waals surface area contributed by atoms with Crippen LogP contribution in [0.2, 0.25) is 5.02 Å². The van der Waals surface area contributed by atoms with Crippen LogP contribution < -0.4 is 0 Å². The van der Waals surface area contributed by atoms with Gasteiger partial charge in [-0.2, -0.15) is 0 Å². The van der Waals surface area contributed by atoms with Gasteiger partial charge in [-0.25, -0.2) is 9.48 Å². The Morgan fingerprint density at radius 2 is 2.12 bits per heavy atom. The van der Waals surface area contributed by atoms with Crippen molar-refractivity contribution < 1.29 is 13.9 Å². The van der Waals surface area contributed by atoms with Gasteiger partial charge in [0.2, 0.25) is 5.76 Å². The van der Waals surface area contributed by atoms with Gasteiger partial charge < -0.3 is 9.15 Å². The van der Waals surface area contributed by atoms with Gasteiger partial charge >= 0.3 is 5.97 Å². The number of aryl methyl sites for hydroxylation is 1. The van der Waals surface area contributed by atoms with Crippen molar-refractivity contribution >= 4 is 17.6 Å². The normalized spacial score (nSPS) is 10.8. The molecule has 0 radical (unpaired) electrons. The minimum absolute atomic E-state index is 0.0199. The van der Waals surface area contributed by atoms with Gasteiger partial charge in [-0.15, -0.1) is 5.10 Å². The third-order valence-corrected chi connectivity index (χ3v) is 3.65. The van der Waals surface area contributed by atoms with E-state index >= 15 is 0 Å². The van der Waals surface area contributed by atoms with Gasteiger partial charge in [0.25, 0.3) is 0 Å². The van der Waals surface area contributed by atoms with E-state index in [1.807, 2.05) is 25.1 Å². The molecule has 7 nitrogen and oxygen atoms in total. The van der Waals surface area contributed by atoms with Crippen molar-refractivity contribution in [2.24, 2.45) is 0 Å². The van der Waals surface area contributed by atoms with Crippen molar-refractivity contribution in [3.8, 4) is 11.3 Å². The fraction of sp³-hybridized carbons (Fsp3) is 0.250. The van der Waals surface area contributed by atoms with Crippen LogP contribution in [-0.4, -0.2) is 26.2 Å². The first kappa shape index (κ1) is 16.2. The maximum Gasteiger partial charge on any atom is 0.374 e. The molecular formula is C16H15ClN4O3. The molecule has 0 saturated heterocycles. The summed E-state index contributed by atoms with van der Waals surface area (Å²) < 4.78 is 12.4. The average molecular weight is 347 g/mol. The number of furan rings is 1. The summed E-state index contributed by atoms with van der Waals surface area (Å²) in [5.74, 6) is 0.505. The zero-order chi connectivity index (χ0) is 16.9. The van der Waals surface area contributed by atoms with Crippen molar-refractivity contribution in [3.05, 3.63) is 53.0 Å². The first-order chi connectivity index (χ1) is 11.7. The molecule has 3 aromatic rings. The molecule has 0 atom stereocenters. The lowest BCUT2D eigenvalue weighted by atomic mass is 10.2. The highest BCUT2D eigenvalue weighted by molar-refractivity contribution is 6.33. The van der Waals surface area contributed by atoms with E-state index in [4.69, 9.17) is 20.8 Å². The van der Waals surface area contributed by atoms with Gasteiger partial charge in [0.1, 0.15) is 5.76 Å². The number of halogens is 1. The van der Waals surface area contributed by atoms with Crippen LogP contribution in [0.4, 0.5) is 0 Å². The summed E-state index contributed by atoms with van der Waals surface area (Å²) in [6.45, 7) is 2.65. The molecule has 0 aliphatic carbocycles. The van der Waals surface area contributed by atoms with Crippen LogP contribution in [0, 0.1) is 0 Å². The Morgan fingerprint density at radius 1 is 1.29 bits per heavy atom. The van der Waals surface area contributed by atoms with Crippen LogP contribution in [0.25, 0.3) is 11.3 Å². The lowest BCUT2D eigenvalue weighted by Gasteiger charge is -2.04. The SMILES string of the molecule is CCCn1nnnc1COC(=O)c1ccc(-c2ccccc2Cl)o1. The first-order valence-corrected chi connectivity index (χ1v) is 7.83. The molecule has 2 aromatic heterocycles. The number of hydrogen-bond donors (Lipinski definition) is 0. The number of ether oxygens (including phenoxy) is 1. The molecule has 0 N–H and O–H groups in total. The zero-order valence-electron chi connectivity index (χ0n) is 13.0. The highest BCUT2D eigenvalue weighted by atomic mass is 35.5. The Bertz CT molecular complexity index is 843. The van der Waals surface area contributed by atoms with Crippen molar-refractivity contribution in [2.75, 3.05) is 0 Å². The van der Waals surface area contributed by atoms with Gasteiger partial charge in [0.05, 0.1) is 5.02 Å². The maximum absolute atomic E-state index is 12.1. The van der Waals surface area contributed by atoms with Crippen LogP contribution in [0.15, 0.2) is 40.8 Å². The fourth-order valence-electron chi connectivity index (χ4n) is 2.17. The molecule has 0 spiro atoms. The monoisotopic (exact) mass is 346 g/mol. The minimum Gasteiger partial charge on any atom is -0.452 e. The Kier molecular flexibility index (Phi) is 4.90. The smallest absolute Gasteiger partial charge is 0.374 e. The Labute approximate surface area is 143 Å². The lowest BCUT2D eigenvalue weighted by molar-refractivity contribution is 0.0421. The number of nitrogens with zero attached hydrogens (tertiary/aromatic N) is 4.